The van der Waals surface area contributed by atoms with Crippen molar-refractivity contribution in [2.45, 2.75) is 13.1 Å². The molecule has 3 heterocycles. The summed E-state index contributed by atoms with van der Waals surface area (Å²) in [6.45, 7) is -0.712. The molecule has 9 heteroatoms. The molecule has 0 saturated carbocycles. The summed E-state index contributed by atoms with van der Waals surface area (Å²) in [7, 11) is 0. The van der Waals surface area contributed by atoms with Gasteiger partial charge in [0.2, 0.25) is 5.91 Å². The second-order valence-electron chi connectivity index (χ2n) is 4.06. The number of halogens is 1. The lowest BCUT2D eigenvalue weighted by Crippen LogP contribution is -2.32. The van der Waals surface area contributed by atoms with Crippen molar-refractivity contribution in [1.82, 2.24) is 14.1 Å². The Hall–Kier alpha value is -2.35. The van der Waals surface area contributed by atoms with Crippen LogP contribution >= 0.6 is 11.6 Å². The van der Waals surface area contributed by atoms with E-state index in [1.54, 1.807) is 0 Å². The Morgan fingerprint density at radius 2 is 2.21 bits per heavy atom. The molecule has 2 aromatic rings. The van der Waals surface area contributed by atoms with Crippen LogP contribution in [-0.4, -0.2) is 31.1 Å². The van der Waals surface area contributed by atoms with Crippen molar-refractivity contribution in [1.29, 1.82) is 0 Å². The Labute approximate surface area is 110 Å². The van der Waals surface area contributed by atoms with Crippen LogP contribution in [0.5, 0.6) is 0 Å². The summed E-state index contributed by atoms with van der Waals surface area (Å²) in [5, 5.41) is 11.4. The van der Waals surface area contributed by atoms with Crippen molar-refractivity contribution in [3.8, 4) is 0 Å². The summed E-state index contributed by atoms with van der Waals surface area (Å²) in [6.07, 6.45) is 1.34. The summed E-state index contributed by atoms with van der Waals surface area (Å²) in [5.41, 5.74) is 0.359. The number of hydrogen-bond acceptors (Lipinski definition) is 4. The second-order valence-corrected chi connectivity index (χ2v) is 4.41. The number of anilines is 1. The van der Waals surface area contributed by atoms with Crippen molar-refractivity contribution in [2.75, 3.05) is 5.32 Å². The van der Waals surface area contributed by atoms with Gasteiger partial charge in [-0.3, -0.25) is 18.7 Å². The number of carboxylic acids is 1. The maximum absolute atomic E-state index is 12.1. The Morgan fingerprint density at radius 3 is 2.89 bits per heavy atom. The van der Waals surface area contributed by atoms with Crippen molar-refractivity contribution < 1.29 is 14.7 Å². The molecule has 0 bridgehead atoms. The van der Waals surface area contributed by atoms with Crippen LogP contribution in [-0.2, 0) is 22.7 Å². The second kappa shape index (κ2) is 3.82. The molecule has 98 valence electrons. The fourth-order valence-corrected chi connectivity index (χ4v) is 2.41. The highest BCUT2D eigenvalue weighted by atomic mass is 35.5. The number of hydrogen-bond donors (Lipinski definition) is 2. The fraction of sp³-hybridized carbons (Fsp3) is 0.200. The van der Waals surface area contributed by atoms with Crippen LogP contribution in [0.4, 0.5) is 5.69 Å². The highest BCUT2D eigenvalue weighted by molar-refractivity contribution is 6.34. The van der Waals surface area contributed by atoms with Crippen LogP contribution in [0.3, 0.4) is 0 Å². The van der Waals surface area contributed by atoms with E-state index in [2.05, 4.69) is 10.3 Å². The van der Waals surface area contributed by atoms with Crippen molar-refractivity contribution in [3.05, 3.63) is 21.8 Å². The largest absolute Gasteiger partial charge is 0.480 e. The minimum atomic E-state index is -1.18. The average Bonchev–Trinajstić information content (AvgIpc) is 2.60. The van der Waals surface area contributed by atoms with Crippen LogP contribution in [0.1, 0.15) is 0 Å². The number of aliphatic carboxylic acids is 1. The molecule has 2 N–H and O–H groups in total. The number of carbonyl (C=O) groups excluding carboxylic acids is 1. The summed E-state index contributed by atoms with van der Waals surface area (Å²) >= 11 is 5.93. The van der Waals surface area contributed by atoms with Gasteiger partial charge in [0.15, 0.2) is 5.15 Å². The van der Waals surface area contributed by atoms with Crippen molar-refractivity contribution >= 4 is 40.2 Å². The van der Waals surface area contributed by atoms with E-state index in [-0.39, 0.29) is 23.1 Å². The molecule has 0 atom stereocenters. The minimum absolute atomic E-state index is 0.0204. The van der Waals surface area contributed by atoms with Crippen LogP contribution in [0.15, 0.2) is 11.0 Å². The lowest BCUT2D eigenvalue weighted by atomic mass is 10.3. The summed E-state index contributed by atoms with van der Waals surface area (Å²) in [4.78, 5) is 38.3. The van der Waals surface area contributed by atoms with Gasteiger partial charge in [-0.2, -0.15) is 0 Å². The highest BCUT2D eigenvalue weighted by Gasteiger charge is 2.26. The van der Waals surface area contributed by atoms with Gasteiger partial charge in [0, 0.05) is 0 Å². The normalized spacial score (nSPS) is 13.6. The SMILES string of the molecule is O=C(O)Cn1c(=O)n2c3c(cnc(Cl)c31)NC(=O)C2. The molecule has 0 aliphatic carbocycles. The molecule has 1 amide bonds. The van der Waals surface area contributed by atoms with Gasteiger partial charge in [-0.1, -0.05) is 11.6 Å². The summed E-state index contributed by atoms with van der Waals surface area (Å²) in [6, 6.07) is 0. The Bertz CT molecular complexity index is 791. The van der Waals surface area contributed by atoms with Gasteiger partial charge in [0.05, 0.1) is 17.4 Å². The quantitative estimate of drug-likeness (QED) is 0.747. The smallest absolute Gasteiger partial charge is 0.330 e. The molecule has 8 nitrogen and oxygen atoms in total. The van der Waals surface area contributed by atoms with Gasteiger partial charge in [0.1, 0.15) is 18.6 Å². The number of aromatic nitrogens is 3. The van der Waals surface area contributed by atoms with Gasteiger partial charge >= 0.3 is 11.7 Å². The van der Waals surface area contributed by atoms with Gasteiger partial charge in [0.25, 0.3) is 0 Å². The lowest BCUT2D eigenvalue weighted by molar-refractivity contribution is -0.137. The molecule has 0 saturated heterocycles. The van der Waals surface area contributed by atoms with E-state index in [1.165, 1.54) is 10.8 Å². The number of pyridine rings is 1. The molecule has 0 spiro atoms. The van der Waals surface area contributed by atoms with Gasteiger partial charge in [-0.25, -0.2) is 9.78 Å². The number of carbonyl (C=O) groups is 2. The first-order chi connectivity index (χ1) is 8.99. The third kappa shape index (κ3) is 1.60. The lowest BCUT2D eigenvalue weighted by Gasteiger charge is -2.14. The number of amides is 1. The van der Waals surface area contributed by atoms with E-state index in [0.717, 1.165) is 4.57 Å². The zero-order valence-electron chi connectivity index (χ0n) is 9.38. The van der Waals surface area contributed by atoms with E-state index < -0.39 is 18.2 Å². The third-order valence-corrected chi connectivity index (χ3v) is 3.13. The average molecular weight is 283 g/mol. The molecule has 0 radical (unpaired) electrons. The van der Waals surface area contributed by atoms with Crippen LogP contribution in [0.2, 0.25) is 5.15 Å². The predicted octanol–water partition coefficient (Wildman–Crippen LogP) is -0.112. The van der Waals surface area contributed by atoms with E-state index in [4.69, 9.17) is 16.7 Å². The molecular formula is C10H7ClN4O4. The Morgan fingerprint density at radius 1 is 1.47 bits per heavy atom. The highest BCUT2D eigenvalue weighted by Crippen LogP contribution is 2.29. The maximum atomic E-state index is 12.1. The van der Waals surface area contributed by atoms with Gasteiger partial charge in [-0.05, 0) is 0 Å². The third-order valence-electron chi connectivity index (χ3n) is 2.85. The van der Waals surface area contributed by atoms with Crippen LogP contribution < -0.4 is 11.0 Å². The first-order valence-electron chi connectivity index (χ1n) is 5.28. The maximum Gasteiger partial charge on any atom is 0.330 e. The monoisotopic (exact) mass is 282 g/mol. The zero-order valence-corrected chi connectivity index (χ0v) is 10.1. The Balaban J connectivity index is 2.44. The van der Waals surface area contributed by atoms with E-state index in [0.29, 0.717) is 11.2 Å². The molecule has 2 aromatic heterocycles. The molecule has 0 unspecified atom stereocenters. The summed E-state index contributed by atoms with van der Waals surface area (Å²) < 4.78 is 2.19. The van der Waals surface area contributed by atoms with E-state index >= 15 is 0 Å². The fourth-order valence-electron chi connectivity index (χ4n) is 2.17. The first kappa shape index (κ1) is 11.7. The van der Waals surface area contributed by atoms with Crippen LogP contribution in [0.25, 0.3) is 11.0 Å². The standard InChI is InChI=1S/C10H7ClN4O4/c11-9-8-7-4(1-12-9)13-5(16)2-14(7)10(19)15(8)3-6(17)18/h1H,2-3H2,(H,13,16)(H,17,18). The predicted molar refractivity (Wildman–Crippen MR) is 65.3 cm³/mol. The number of rotatable bonds is 2. The topological polar surface area (TPSA) is 106 Å². The molecular weight excluding hydrogens is 276 g/mol. The van der Waals surface area contributed by atoms with Crippen molar-refractivity contribution in [2.24, 2.45) is 0 Å². The van der Waals surface area contributed by atoms with Crippen LogP contribution in [0, 0.1) is 0 Å². The Kier molecular flexibility index (Phi) is 2.36. The number of imidazole rings is 1. The number of carboxylic acid groups (broad SMARTS) is 1. The number of nitrogens with one attached hydrogen (secondary N) is 1. The molecule has 0 aromatic carbocycles. The molecule has 1 aliphatic heterocycles. The van der Waals surface area contributed by atoms with Crippen molar-refractivity contribution in [3.63, 3.8) is 0 Å². The zero-order chi connectivity index (χ0) is 13.7. The summed E-state index contributed by atoms with van der Waals surface area (Å²) in [5.74, 6) is -1.55. The van der Waals surface area contributed by atoms with E-state index in [1.807, 2.05) is 0 Å². The van der Waals surface area contributed by atoms with Gasteiger partial charge in [-0.15, -0.1) is 0 Å². The molecule has 0 fully saturated rings. The van der Waals surface area contributed by atoms with Gasteiger partial charge < -0.3 is 10.4 Å². The van der Waals surface area contributed by atoms with E-state index in [9.17, 15) is 14.4 Å². The first-order valence-corrected chi connectivity index (χ1v) is 5.66. The molecule has 19 heavy (non-hydrogen) atoms. The molecule has 1 aliphatic rings. The minimum Gasteiger partial charge on any atom is -0.480 e. The number of nitrogens with zero attached hydrogens (tertiary/aromatic N) is 3. The molecule has 3 rings (SSSR count).